The largest absolute Gasteiger partial charge is 0.378 e. The number of nitrogens with zero attached hydrogens (tertiary/aromatic N) is 7. The molecule has 4 aromatic heterocycles. The summed E-state index contributed by atoms with van der Waals surface area (Å²) in [4.78, 5) is 14.9. The van der Waals surface area contributed by atoms with E-state index >= 15 is 0 Å². The van der Waals surface area contributed by atoms with E-state index in [0.29, 0.717) is 53.7 Å². The molecule has 4 aromatic rings. The fourth-order valence-electron chi connectivity index (χ4n) is 4.84. The van der Waals surface area contributed by atoms with E-state index in [2.05, 4.69) is 25.4 Å². The number of piperidine rings is 1. The first kappa shape index (κ1) is 26.1. The third kappa shape index (κ3) is 4.97. The van der Waals surface area contributed by atoms with Gasteiger partial charge in [0.1, 0.15) is 23.5 Å². The Hall–Kier alpha value is -3.52. The molecule has 10 nitrogen and oxygen atoms in total. The lowest BCUT2D eigenvalue weighted by molar-refractivity contribution is -0.126. The molecule has 38 heavy (non-hydrogen) atoms. The van der Waals surface area contributed by atoms with Gasteiger partial charge >= 0.3 is 0 Å². The molecule has 3 N–H and O–H groups in total. The van der Waals surface area contributed by atoms with Gasteiger partial charge in [0.05, 0.1) is 49.8 Å². The van der Waals surface area contributed by atoms with Gasteiger partial charge in [0.2, 0.25) is 5.95 Å². The van der Waals surface area contributed by atoms with Gasteiger partial charge in [-0.25, -0.2) is 32.0 Å². The summed E-state index contributed by atoms with van der Waals surface area (Å²) in [5.41, 5.74) is 7.81. The number of nitrogens with one attached hydrogen (secondary N) is 1. The molecule has 0 aromatic carbocycles. The van der Waals surface area contributed by atoms with Gasteiger partial charge in [-0.3, -0.25) is 4.90 Å². The molecule has 0 spiro atoms. The first-order chi connectivity index (χ1) is 18.2. The molecular formula is C24H29F4N9O. The fraction of sp³-hybridized carbons (Fsp3) is 0.500. The van der Waals surface area contributed by atoms with E-state index in [9.17, 15) is 17.6 Å². The maximum Gasteiger partial charge on any atom is 0.260 e. The topological polar surface area (TPSA) is 111 Å². The van der Waals surface area contributed by atoms with Crippen LogP contribution in [-0.2, 0) is 11.3 Å². The Morgan fingerprint density at radius 2 is 2.00 bits per heavy atom. The monoisotopic (exact) mass is 535 g/mol. The SMILES string of the molecule is CNc1nc(N)nn2cc(F)c(-c3ccc4nc(C)n(CCF)c4n3)c12.FC1(F)CCCN(C2COC2)C1. The maximum atomic E-state index is 14.7. The molecule has 0 amide bonds. The molecule has 0 bridgehead atoms. The Bertz CT molecular complexity index is 1450. The minimum atomic E-state index is -2.46. The van der Waals surface area contributed by atoms with Crippen molar-refractivity contribution in [2.24, 2.45) is 0 Å². The quantitative estimate of drug-likeness (QED) is 0.375. The zero-order chi connectivity index (χ0) is 27.0. The Kier molecular flexibility index (Phi) is 7.09. The second kappa shape index (κ2) is 10.3. The summed E-state index contributed by atoms with van der Waals surface area (Å²) in [5, 5.41) is 6.91. The van der Waals surface area contributed by atoms with E-state index in [4.69, 9.17) is 10.5 Å². The fourth-order valence-corrected chi connectivity index (χ4v) is 4.84. The summed E-state index contributed by atoms with van der Waals surface area (Å²) in [7, 11) is 1.66. The van der Waals surface area contributed by atoms with Crippen molar-refractivity contribution in [3.05, 3.63) is 30.0 Å². The van der Waals surface area contributed by atoms with Gasteiger partial charge in [-0.2, -0.15) is 4.98 Å². The molecule has 0 saturated carbocycles. The standard InChI is InChI=1S/C16H16F2N8.C8H13F2NO/c1-8-21-11-4-3-10(22-15(11)25(8)6-5-17)12-9(18)7-26-13(12)14(20-2)23-16(19)24-26;9-8(10)2-1-3-11(6-8)7-4-12-5-7/h3-4,7H,5-6H2,1-2H3,(H3,19,20,23,24);7H,1-6H2. The van der Waals surface area contributed by atoms with Crippen molar-refractivity contribution in [2.75, 3.05) is 51.1 Å². The molecule has 0 unspecified atom stereocenters. The first-order valence-corrected chi connectivity index (χ1v) is 12.3. The number of nitrogens with two attached hydrogens (primary N) is 1. The number of halogens is 4. The molecule has 204 valence electrons. The Morgan fingerprint density at radius 3 is 2.66 bits per heavy atom. The normalized spacial score (nSPS) is 17.8. The summed E-state index contributed by atoms with van der Waals surface area (Å²) in [5.74, 6) is -1.93. The van der Waals surface area contributed by atoms with E-state index in [1.54, 1.807) is 30.7 Å². The highest BCUT2D eigenvalue weighted by Gasteiger charge is 2.39. The molecule has 0 atom stereocenters. The molecule has 6 rings (SSSR count). The second-order valence-electron chi connectivity index (χ2n) is 9.37. The summed E-state index contributed by atoms with van der Waals surface area (Å²) >= 11 is 0. The number of rotatable bonds is 5. The Labute approximate surface area is 215 Å². The average Bonchev–Trinajstić information content (AvgIpc) is 3.32. The number of hydrogen-bond donors (Lipinski definition) is 2. The number of nitrogen functional groups attached to an aromatic ring is 1. The van der Waals surface area contributed by atoms with Crippen LogP contribution < -0.4 is 11.1 Å². The highest BCUT2D eigenvalue weighted by atomic mass is 19.3. The molecule has 14 heteroatoms. The van der Waals surface area contributed by atoms with E-state index < -0.39 is 18.4 Å². The van der Waals surface area contributed by atoms with Crippen LogP contribution in [0, 0.1) is 12.7 Å². The summed E-state index contributed by atoms with van der Waals surface area (Å²) in [6.45, 7) is 3.38. The lowest BCUT2D eigenvalue weighted by atomic mass is 10.0. The number of ether oxygens (including phenoxy) is 1. The van der Waals surface area contributed by atoms with Crippen LogP contribution in [0.1, 0.15) is 18.7 Å². The summed E-state index contributed by atoms with van der Waals surface area (Å²) < 4.78 is 61.3. The third-order valence-electron chi connectivity index (χ3n) is 6.74. The number of pyridine rings is 1. The minimum Gasteiger partial charge on any atom is -0.378 e. The van der Waals surface area contributed by atoms with Crippen LogP contribution in [0.5, 0.6) is 0 Å². The van der Waals surface area contributed by atoms with Gasteiger partial charge in [-0.05, 0) is 32.0 Å². The Morgan fingerprint density at radius 1 is 1.21 bits per heavy atom. The van der Waals surface area contributed by atoms with Crippen LogP contribution in [0.2, 0.25) is 0 Å². The van der Waals surface area contributed by atoms with Crippen molar-refractivity contribution in [2.45, 2.75) is 38.3 Å². The van der Waals surface area contributed by atoms with Gasteiger partial charge in [0.15, 0.2) is 17.3 Å². The van der Waals surface area contributed by atoms with Gasteiger partial charge in [0.25, 0.3) is 5.92 Å². The number of alkyl halides is 3. The zero-order valence-electron chi connectivity index (χ0n) is 21.1. The van der Waals surface area contributed by atoms with Gasteiger partial charge < -0.3 is 20.4 Å². The van der Waals surface area contributed by atoms with E-state index in [1.165, 1.54) is 10.7 Å². The van der Waals surface area contributed by atoms with Crippen LogP contribution in [0.15, 0.2) is 18.3 Å². The summed E-state index contributed by atoms with van der Waals surface area (Å²) in [6, 6.07) is 3.67. The lowest BCUT2D eigenvalue weighted by Gasteiger charge is -2.41. The van der Waals surface area contributed by atoms with E-state index in [0.717, 1.165) is 6.54 Å². The number of aromatic nitrogens is 6. The number of imidazole rings is 1. The zero-order valence-corrected chi connectivity index (χ0v) is 21.1. The minimum absolute atomic E-state index is 0.0171. The molecule has 2 aliphatic rings. The summed E-state index contributed by atoms with van der Waals surface area (Å²) in [6.07, 6.45) is 1.89. The lowest BCUT2D eigenvalue weighted by Crippen LogP contribution is -2.55. The van der Waals surface area contributed by atoms with Crippen LogP contribution in [0.25, 0.3) is 27.9 Å². The molecule has 0 aliphatic carbocycles. The number of aryl methyl sites for hydroxylation is 2. The van der Waals surface area contributed by atoms with Gasteiger partial charge in [0, 0.05) is 13.5 Å². The van der Waals surface area contributed by atoms with Crippen molar-refractivity contribution in [1.82, 2.24) is 34.0 Å². The smallest absolute Gasteiger partial charge is 0.260 e. The van der Waals surface area contributed by atoms with E-state index in [-0.39, 0.29) is 37.1 Å². The van der Waals surface area contributed by atoms with Gasteiger partial charge in [-0.1, -0.05) is 0 Å². The number of fused-ring (bicyclic) bond motifs is 2. The van der Waals surface area contributed by atoms with Crippen LogP contribution in [-0.4, -0.2) is 86.0 Å². The number of hydrogen-bond acceptors (Lipinski definition) is 8. The van der Waals surface area contributed by atoms with Gasteiger partial charge in [-0.15, -0.1) is 5.10 Å². The number of likely N-dealkylation sites (tertiary alicyclic amines) is 1. The third-order valence-corrected chi connectivity index (χ3v) is 6.74. The first-order valence-electron chi connectivity index (χ1n) is 12.3. The molecule has 2 fully saturated rings. The second-order valence-corrected chi connectivity index (χ2v) is 9.37. The van der Waals surface area contributed by atoms with Crippen molar-refractivity contribution in [1.29, 1.82) is 0 Å². The van der Waals surface area contributed by atoms with Crippen LogP contribution in [0.3, 0.4) is 0 Å². The maximum absolute atomic E-state index is 14.7. The average molecular weight is 536 g/mol. The molecule has 2 aliphatic heterocycles. The highest BCUT2D eigenvalue weighted by Crippen LogP contribution is 2.33. The molecule has 6 heterocycles. The predicted octanol–water partition coefficient (Wildman–Crippen LogP) is 3.30. The van der Waals surface area contributed by atoms with Crippen molar-refractivity contribution in [3.8, 4) is 11.3 Å². The van der Waals surface area contributed by atoms with Crippen LogP contribution >= 0.6 is 0 Å². The van der Waals surface area contributed by atoms with Crippen molar-refractivity contribution >= 4 is 28.4 Å². The molecular weight excluding hydrogens is 506 g/mol. The molecule has 2 saturated heterocycles. The van der Waals surface area contributed by atoms with Crippen molar-refractivity contribution < 1.29 is 22.3 Å². The predicted molar refractivity (Wildman–Crippen MR) is 134 cm³/mol. The highest BCUT2D eigenvalue weighted by molar-refractivity contribution is 5.89. The number of anilines is 2. The molecule has 0 radical (unpaired) electrons. The Balaban J connectivity index is 0.000000204. The van der Waals surface area contributed by atoms with Crippen molar-refractivity contribution in [3.63, 3.8) is 0 Å². The van der Waals surface area contributed by atoms with E-state index in [1.807, 2.05) is 4.90 Å². The van der Waals surface area contributed by atoms with Crippen LogP contribution in [0.4, 0.5) is 29.3 Å².